The number of hydrogen-bond acceptors (Lipinski definition) is 2. The molecule has 0 unspecified atom stereocenters. The van der Waals surface area contributed by atoms with Crippen LogP contribution in [-0.4, -0.2) is 42.7 Å². The minimum Gasteiger partial charge on any atom is -0.339 e. The molecule has 1 amide bonds. The van der Waals surface area contributed by atoms with Crippen LogP contribution in [0.4, 0.5) is 13.2 Å². The van der Waals surface area contributed by atoms with Crippen molar-refractivity contribution in [1.29, 1.82) is 0 Å². The van der Waals surface area contributed by atoms with Crippen LogP contribution in [0.2, 0.25) is 0 Å². The minimum atomic E-state index is -4.39. The van der Waals surface area contributed by atoms with Crippen LogP contribution >= 0.6 is 12.4 Å². The van der Waals surface area contributed by atoms with Gasteiger partial charge in [-0.3, -0.25) is 4.79 Å². The van der Waals surface area contributed by atoms with Gasteiger partial charge in [-0.2, -0.15) is 13.2 Å². The van der Waals surface area contributed by atoms with E-state index in [2.05, 4.69) is 5.32 Å². The molecule has 1 saturated heterocycles. The summed E-state index contributed by atoms with van der Waals surface area (Å²) in [5, 5.41) is 3.10. The Morgan fingerprint density at radius 3 is 2.41 bits per heavy atom. The zero-order valence-corrected chi connectivity index (χ0v) is 10.3. The first-order valence-electron chi connectivity index (χ1n) is 5.46. The Morgan fingerprint density at radius 2 is 2.00 bits per heavy atom. The largest absolute Gasteiger partial charge is 0.403 e. The van der Waals surface area contributed by atoms with Gasteiger partial charge in [-0.1, -0.05) is 0 Å². The van der Waals surface area contributed by atoms with E-state index in [0.29, 0.717) is 19.6 Å². The molecule has 0 spiro atoms. The molecular weight excluding hydrogens is 257 g/mol. The van der Waals surface area contributed by atoms with Gasteiger partial charge in [-0.15, -0.1) is 12.4 Å². The van der Waals surface area contributed by atoms with E-state index in [9.17, 15) is 18.0 Å². The summed E-state index contributed by atoms with van der Waals surface area (Å²) < 4.78 is 38.2. The third kappa shape index (κ3) is 2.52. The van der Waals surface area contributed by atoms with Crippen molar-refractivity contribution >= 4 is 18.3 Å². The molecule has 0 aromatic heterocycles. The van der Waals surface area contributed by atoms with E-state index in [-0.39, 0.29) is 31.3 Å². The van der Waals surface area contributed by atoms with E-state index in [4.69, 9.17) is 0 Å². The zero-order valence-electron chi connectivity index (χ0n) is 9.51. The van der Waals surface area contributed by atoms with Crippen molar-refractivity contribution in [3.05, 3.63) is 0 Å². The Balaban J connectivity index is 0.00000144. The van der Waals surface area contributed by atoms with Crippen LogP contribution in [0, 0.1) is 5.41 Å². The van der Waals surface area contributed by atoms with E-state index in [1.165, 1.54) is 4.90 Å². The molecule has 1 heterocycles. The van der Waals surface area contributed by atoms with Crippen molar-refractivity contribution in [3.63, 3.8) is 0 Å². The molecule has 1 N–H and O–H groups in total. The Morgan fingerprint density at radius 1 is 1.41 bits per heavy atom. The van der Waals surface area contributed by atoms with Crippen LogP contribution in [0.3, 0.4) is 0 Å². The van der Waals surface area contributed by atoms with Crippen molar-refractivity contribution < 1.29 is 18.0 Å². The first-order valence-corrected chi connectivity index (χ1v) is 5.46. The van der Waals surface area contributed by atoms with Gasteiger partial charge in [0.05, 0.1) is 0 Å². The summed E-state index contributed by atoms with van der Waals surface area (Å²) in [7, 11) is 0. The van der Waals surface area contributed by atoms with Gasteiger partial charge in [0.1, 0.15) is 5.41 Å². The third-order valence-electron chi connectivity index (χ3n) is 3.36. The number of alkyl halides is 3. The Hall–Kier alpha value is -0.490. The highest BCUT2D eigenvalue weighted by Gasteiger charge is 2.69. The number of carbonyl (C=O) groups is 1. The standard InChI is InChI=1S/C10H15F3N2O.ClH/c1-7-6-15(5-4-14-7)8(16)9(2-3-9)10(11,12)13;/h7,14H,2-6H2,1H3;1H/t7-;/m1./s1. The lowest BCUT2D eigenvalue weighted by molar-refractivity contribution is -0.199. The van der Waals surface area contributed by atoms with Gasteiger partial charge in [0.25, 0.3) is 0 Å². The molecule has 2 rings (SSSR count). The summed E-state index contributed by atoms with van der Waals surface area (Å²) in [6.07, 6.45) is -4.49. The number of rotatable bonds is 1. The number of carbonyl (C=O) groups excluding carboxylic acids is 1. The van der Waals surface area contributed by atoms with E-state index >= 15 is 0 Å². The molecule has 0 bridgehead atoms. The van der Waals surface area contributed by atoms with Gasteiger partial charge in [0, 0.05) is 25.7 Å². The lowest BCUT2D eigenvalue weighted by atomic mass is 10.0. The smallest absolute Gasteiger partial charge is 0.339 e. The number of piperazine rings is 1. The maximum atomic E-state index is 12.7. The summed E-state index contributed by atoms with van der Waals surface area (Å²) in [4.78, 5) is 13.2. The molecule has 1 saturated carbocycles. The molecule has 1 aliphatic carbocycles. The number of nitrogens with zero attached hydrogens (tertiary/aromatic N) is 1. The lowest BCUT2D eigenvalue weighted by Crippen LogP contribution is -2.55. The predicted molar refractivity (Wildman–Crippen MR) is 59.0 cm³/mol. The topological polar surface area (TPSA) is 32.3 Å². The van der Waals surface area contributed by atoms with Crippen molar-refractivity contribution in [3.8, 4) is 0 Å². The molecule has 17 heavy (non-hydrogen) atoms. The molecule has 0 aromatic carbocycles. The normalized spacial score (nSPS) is 27.3. The van der Waals surface area contributed by atoms with Crippen molar-refractivity contribution in [2.24, 2.45) is 5.41 Å². The SMILES string of the molecule is C[C@@H]1CN(C(=O)C2(C(F)(F)F)CC2)CCN1.Cl. The monoisotopic (exact) mass is 272 g/mol. The van der Waals surface area contributed by atoms with Crippen LogP contribution < -0.4 is 5.32 Å². The van der Waals surface area contributed by atoms with Gasteiger partial charge in [-0.25, -0.2) is 0 Å². The summed E-state index contributed by atoms with van der Waals surface area (Å²) in [6.45, 7) is 3.19. The van der Waals surface area contributed by atoms with E-state index in [0.717, 1.165) is 0 Å². The summed E-state index contributed by atoms with van der Waals surface area (Å²) in [5.41, 5.74) is -2.05. The van der Waals surface area contributed by atoms with Gasteiger partial charge >= 0.3 is 6.18 Å². The molecule has 0 aromatic rings. The summed E-state index contributed by atoms with van der Waals surface area (Å²) >= 11 is 0. The molecule has 7 heteroatoms. The Kier molecular flexibility index (Phi) is 3.98. The van der Waals surface area contributed by atoms with Gasteiger partial charge < -0.3 is 10.2 Å². The highest BCUT2D eigenvalue weighted by molar-refractivity contribution is 5.86. The fraction of sp³-hybridized carbons (Fsp3) is 0.900. The molecule has 0 radical (unpaired) electrons. The average Bonchev–Trinajstić information content (AvgIpc) is 2.96. The van der Waals surface area contributed by atoms with Crippen molar-refractivity contribution in [2.45, 2.75) is 32.0 Å². The van der Waals surface area contributed by atoms with Crippen LogP contribution in [0.25, 0.3) is 0 Å². The Bertz CT molecular complexity index is 304. The minimum absolute atomic E-state index is 0. The van der Waals surface area contributed by atoms with Crippen molar-refractivity contribution in [2.75, 3.05) is 19.6 Å². The first kappa shape index (κ1) is 14.6. The van der Waals surface area contributed by atoms with Crippen LogP contribution in [0.5, 0.6) is 0 Å². The van der Waals surface area contributed by atoms with E-state index < -0.39 is 17.5 Å². The fourth-order valence-electron chi connectivity index (χ4n) is 2.16. The molecule has 1 atom stereocenters. The second kappa shape index (κ2) is 4.65. The zero-order chi connectivity index (χ0) is 12.0. The van der Waals surface area contributed by atoms with Gasteiger partial charge in [0.2, 0.25) is 5.91 Å². The number of amides is 1. The number of hydrogen-bond donors (Lipinski definition) is 1. The average molecular weight is 273 g/mol. The molecule has 2 aliphatic rings. The van der Waals surface area contributed by atoms with Crippen LogP contribution in [0.1, 0.15) is 19.8 Å². The number of nitrogens with one attached hydrogen (secondary N) is 1. The number of halogens is 4. The lowest BCUT2D eigenvalue weighted by Gasteiger charge is -2.35. The Labute approximate surface area is 104 Å². The maximum absolute atomic E-state index is 12.7. The van der Waals surface area contributed by atoms with E-state index in [1.54, 1.807) is 0 Å². The first-order chi connectivity index (χ1) is 7.37. The quantitative estimate of drug-likeness (QED) is 0.786. The van der Waals surface area contributed by atoms with E-state index in [1.807, 2.05) is 6.92 Å². The molecule has 2 fully saturated rings. The van der Waals surface area contributed by atoms with Gasteiger partial charge in [-0.05, 0) is 19.8 Å². The van der Waals surface area contributed by atoms with Gasteiger partial charge in [0.15, 0.2) is 0 Å². The van der Waals surface area contributed by atoms with Crippen molar-refractivity contribution in [1.82, 2.24) is 10.2 Å². The van der Waals surface area contributed by atoms with Crippen LogP contribution in [0.15, 0.2) is 0 Å². The maximum Gasteiger partial charge on any atom is 0.403 e. The second-order valence-corrected chi connectivity index (χ2v) is 4.69. The molecule has 1 aliphatic heterocycles. The second-order valence-electron chi connectivity index (χ2n) is 4.69. The fourth-order valence-corrected chi connectivity index (χ4v) is 2.16. The predicted octanol–water partition coefficient (Wildman–Crippen LogP) is 1.57. The highest BCUT2D eigenvalue weighted by atomic mass is 35.5. The summed E-state index contributed by atoms with van der Waals surface area (Å²) in [5.74, 6) is -0.728. The van der Waals surface area contributed by atoms with Crippen LogP contribution in [-0.2, 0) is 4.79 Å². The summed E-state index contributed by atoms with van der Waals surface area (Å²) in [6, 6.07) is 0.0710. The highest BCUT2D eigenvalue weighted by Crippen LogP contribution is 2.58. The molecular formula is C10H16ClF3N2O. The third-order valence-corrected chi connectivity index (χ3v) is 3.36. The molecule has 3 nitrogen and oxygen atoms in total. The molecule has 100 valence electrons.